The van der Waals surface area contributed by atoms with Crippen LogP contribution in [0.4, 0.5) is 0 Å². The van der Waals surface area contributed by atoms with Crippen LogP contribution < -0.4 is 10.1 Å². The Morgan fingerprint density at radius 3 is 2.64 bits per heavy atom. The normalized spacial score (nSPS) is 12.0. The summed E-state index contributed by atoms with van der Waals surface area (Å²) in [6, 6.07) is 15.7. The van der Waals surface area contributed by atoms with E-state index in [9.17, 15) is 4.79 Å². The first-order valence-corrected chi connectivity index (χ1v) is 12.4. The Kier molecular flexibility index (Phi) is 9.39. The molecule has 1 atom stereocenters. The van der Waals surface area contributed by atoms with Gasteiger partial charge in [0.2, 0.25) is 0 Å². The van der Waals surface area contributed by atoms with E-state index in [1.165, 1.54) is 11.5 Å². The number of hydrogen-bond donors (Lipinski definition) is 1. The summed E-state index contributed by atoms with van der Waals surface area (Å²) in [4.78, 5) is 19.7. The van der Waals surface area contributed by atoms with Gasteiger partial charge in [0.1, 0.15) is 5.75 Å². The number of nitrogens with zero attached hydrogens (tertiary/aromatic N) is 3. The zero-order valence-corrected chi connectivity index (χ0v) is 20.8. The molecular formula is C26H34N4O2S. The Bertz CT molecular complexity index is 1020. The molecular weight excluding hydrogens is 432 g/mol. The lowest BCUT2D eigenvalue weighted by Gasteiger charge is -2.20. The number of aromatic nitrogens is 2. The van der Waals surface area contributed by atoms with Crippen LogP contribution in [0, 0.1) is 6.92 Å². The third-order valence-corrected chi connectivity index (χ3v) is 6.32. The van der Waals surface area contributed by atoms with E-state index in [0.717, 1.165) is 49.4 Å². The molecule has 0 aliphatic carbocycles. The molecule has 0 bridgehead atoms. The van der Waals surface area contributed by atoms with Crippen molar-refractivity contribution in [3.8, 4) is 10.9 Å². The molecule has 3 aromatic rings. The van der Waals surface area contributed by atoms with Crippen LogP contribution in [0.5, 0.6) is 10.9 Å². The van der Waals surface area contributed by atoms with Crippen LogP contribution in [-0.2, 0) is 6.42 Å². The van der Waals surface area contributed by atoms with Gasteiger partial charge >= 0.3 is 0 Å². The van der Waals surface area contributed by atoms with E-state index < -0.39 is 0 Å². The second-order valence-electron chi connectivity index (χ2n) is 8.26. The molecule has 0 saturated heterocycles. The summed E-state index contributed by atoms with van der Waals surface area (Å²) >= 11 is 1.22. The summed E-state index contributed by atoms with van der Waals surface area (Å²) in [6.07, 6.45) is 2.68. The summed E-state index contributed by atoms with van der Waals surface area (Å²) in [5.41, 5.74) is 2.68. The van der Waals surface area contributed by atoms with Crippen molar-refractivity contribution in [2.45, 2.75) is 53.0 Å². The number of rotatable bonds is 12. The Labute approximate surface area is 201 Å². The minimum atomic E-state index is -0.0859. The van der Waals surface area contributed by atoms with Gasteiger partial charge in [-0.3, -0.25) is 4.79 Å². The summed E-state index contributed by atoms with van der Waals surface area (Å²) in [7, 11) is 0. The number of aryl methyl sites for hydroxylation is 1. The number of nitrogens with one attached hydrogen (secondary N) is 1. The molecule has 0 fully saturated rings. The number of ether oxygens (including phenoxy) is 1. The molecule has 0 aliphatic rings. The molecule has 1 N–H and O–H groups in total. The molecule has 1 amide bonds. The number of hydrogen-bond acceptors (Lipinski definition) is 6. The van der Waals surface area contributed by atoms with Crippen LogP contribution in [0.15, 0.2) is 48.5 Å². The maximum absolute atomic E-state index is 12.8. The summed E-state index contributed by atoms with van der Waals surface area (Å²) in [6.45, 7) is 11.6. The molecule has 33 heavy (non-hydrogen) atoms. The van der Waals surface area contributed by atoms with E-state index in [-0.39, 0.29) is 11.9 Å². The Morgan fingerprint density at radius 1 is 1.15 bits per heavy atom. The zero-order valence-electron chi connectivity index (χ0n) is 20.0. The van der Waals surface area contributed by atoms with Crippen molar-refractivity contribution in [3.63, 3.8) is 0 Å². The summed E-state index contributed by atoms with van der Waals surface area (Å²) in [5.74, 6) is 1.27. The van der Waals surface area contributed by atoms with Gasteiger partial charge in [-0.25, -0.2) is 0 Å². The van der Waals surface area contributed by atoms with Gasteiger partial charge in [-0.1, -0.05) is 50.2 Å². The van der Waals surface area contributed by atoms with E-state index in [4.69, 9.17) is 4.74 Å². The molecule has 1 unspecified atom stereocenters. The van der Waals surface area contributed by atoms with E-state index in [1.807, 2.05) is 37.3 Å². The second-order valence-corrected chi connectivity index (χ2v) is 8.98. The highest BCUT2D eigenvalue weighted by Gasteiger charge is 2.14. The standard InChI is InChI=1S/C26H34N4O2S/c1-5-30(6-2)16-10-11-20(4)27-25(31)22-15-14-19(3)23(18-22)32-26-28-24(29-33-26)17-21-12-8-7-9-13-21/h7-9,12-15,18,20H,5-6,10-11,16-17H2,1-4H3,(H,27,31). The van der Waals surface area contributed by atoms with Crippen molar-refractivity contribution < 1.29 is 9.53 Å². The van der Waals surface area contributed by atoms with Crippen molar-refractivity contribution in [1.82, 2.24) is 19.6 Å². The largest absolute Gasteiger partial charge is 0.430 e. The fraction of sp³-hybridized carbons (Fsp3) is 0.423. The number of carbonyl (C=O) groups is 1. The van der Waals surface area contributed by atoms with Crippen LogP contribution in [-0.4, -0.2) is 45.8 Å². The summed E-state index contributed by atoms with van der Waals surface area (Å²) < 4.78 is 10.4. The lowest BCUT2D eigenvalue weighted by atomic mass is 10.1. The highest BCUT2D eigenvalue weighted by Crippen LogP contribution is 2.28. The lowest BCUT2D eigenvalue weighted by molar-refractivity contribution is 0.0937. The highest BCUT2D eigenvalue weighted by molar-refractivity contribution is 7.07. The minimum Gasteiger partial charge on any atom is -0.430 e. The average molecular weight is 467 g/mol. The fourth-order valence-corrected chi connectivity index (χ4v) is 4.18. The molecule has 2 aromatic carbocycles. The van der Waals surface area contributed by atoms with E-state index in [0.29, 0.717) is 22.9 Å². The smallest absolute Gasteiger partial charge is 0.298 e. The molecule has 0 aliphatic heterocycles. The first-order chi connectivity index (χ1) is 16.0. The molecule has 0 saturated carbocycles. The monoisotopic (exact) mass is 466 g/mol. The Hall–Kier alpha value is -2.77. The SMILES string of the molecule is CCN(CC)CCCC(C)NC(=O)c1ccc(C)c(Oc2nc(Cc3ccccc3)ns2)c1. The second kappa shape index (κ2) is 12.5. The lowest BCUT2D eigenvalue weighted by Crippen LogP contribution is -2.33. The predicted molar refractivity (Wildman–Crippen MR) is 134 cm³/mol. The molecule has 7 heteroatoms. The van der Waals surface area contributed by atoms with Crippen LogP contribution in [0.3, 0.4) is 0 Å². The van der Waals surface area contributed by atoms with Gasteiger partial charge in [-0.2, -0.15) is 9.36 Å². The number of benzene rings is 2. The topological polar surface area (TPSA) is 67.4 Å². The molecule has 1 heterocycles. The molecule has 1 aromatic heterocycles. The van der Waals surface area contributed by atoms with Crippen LogP contribution in [0.2, 0.25) is 0 Å². The van der Waals surface area contributed by atoms with E-state index in [2.05, 4.69) is 52.5 Å². The third kappa shape index (κ3) is 7.65. The number of amides is 1. The van der Waals surface area contributed by atoms with E-state index in [1.54, 1.807) is 6.07 Å². The fourth-order valence-electron chi connectivity index (χ4n) is 3.62. The first-order valence-electron chi connectivity index (χ1n) is 11.7. The average Bonchev–Trinajstić information content (AvgIpc) is 3.25. The molecule has 6 nitrogen and oxygen atoms in total. The first kappa shape index (κ1) is 24.9. The predicted octanol–water partition coefficient (Wildman–Crippen LogP) is 5.47. The van der Waals surface area contributed by atoms with Gasteiger partial charge in [-0.15, -0.1) is 0 Å². The van der Waals surface area contributed by atoms with Gasteiger partial charge in [0.15, 0.2) is 5.82 Å². The van der Waals surface area contributed by atoms with Crippen LogP contribution in [0.25, 0.3) is 0 Å². The van der Waals surface area contributed by atoms with Gasteiger partial charge in [0, 0.05) is 29.6 Å². The maximum Gasteiger partial charge on any atom is 0.298 e. The quantitative estimate of drug-likeness (QED) is 0.383. The van der Waals surface area contributed by atoms with Gasteiger partial charge in [-0.05, 0) is 69.6 Å². The van der Waals surface area contributed by atoms with Crippen molar-refractivity contribution in [2.24, 2.45) is 0 Å². The molecule has 3 rings (SSSR count). The van der Waals surface area contributed by atoms with Gasteiger partial charge in [0.05, 0.1) is 0 Å². The highest BCUT2D eigenvalue weighted by atomic mass is 32.1. The Balaban J connectivity index is 1.57. The number of carbonyl (C=O) groups excluding carboxylic acids is 1. The van der Waals surface area contributed by atoms with Crippen LogP contribution in [0.1, 0.15) is 60.9 Å². The van der Waals surface area contributed by atoms with Crippen LogP contribution >= 0.6 is 11.5 Å². The molecule has 0 radical (unpaired) electrons. The zero-order chi connectivity index (χ0) is 23.6. The van der Waals surface area contributed by atoms with E-state index >= 15 is 0 Å². The van der Waals surface area contributed by atoms with Gasteiger partial charge < -0.3 is 15.0 Å². The van der Waals surface area contributed by atoms with Crippen molar-refractivity contribution >= 4 is 17.4 Å². The van der Waals surface area contributed by atoms with Crippen molar-refractivity contribution in [2.75, 3.05) is 19.6 Å². The third-order valence-electron chi connectivity index (χ3n) is 5.69. The Morgan fingerprint density at radius 2 is 1.91 bits per heavy atom. The van der Waals surface area contributed by atoms with Crippen molar-refractivity contribution in [1.29, 1.82) is 0 Å². The maximum atomic E-state index is 12.8. The van der Waals surface area contributed by atoms with Gasteiger partial charge in [0.25, 0.3) is 11.1 Å². The van der Waals surface area contributed by atoms with Crippen molar-refractivity contribution in [3.05, 3.63) is 71.0 Å². The minimum absolute atomic E-state index is 0.0859. The summed E-state index contributed by atoms with van der Waals surface area (Å²) in [5, 5.41) is 3.59. The molecule has 176 valence electrons. The molecule has 0 spiro atoms.